The molecule has 2 rings (SSSR count). The van der Waals surface area contributed by atoms with Crippen molar-refractivity contribution in [2.45, 2.75) is 38.7 Å². The number of hydrogen-bond acceptors (Lipinski definition) is 2. The van der Waals surface area contributed by atoms with Gasteiger partial charge < -0.3 is 9.64 Å². The third-order valence-corrected chi connectivity index (χ3v) is 3.84. The van der Waals surface area contributed by atoms with Crippen molar-refractivity contribution in [3.05, 3.63) is 35.4 Å². The van der Waals surface area contributed by atoms with Crippen molar-refractivity contribution in [3.8, 4) is 0 Å². The fraction of sp³-hybridized carbons (Fsp3) is 0.562. The predicted molar refractivity (Wildman–Crippen MR) is 76.1 cm³/mol. The number of amides is 1. The van der Waals surface area contributed by atoms with E-state index in [1.54, 1.807) is 7.11 Å². The van der Waals surface area contributed by atoms with Gasteiger partial charge in [-0.15, -0.1) is 0 Å². The van der Waals surface area contributed by atoms with Crippen molar-refractivity contribution in [1.29, 1.82) is 0 Å². The Morgan fingerprint density at radius 3 is 2.74 bits per heavy atom. The minimum Gasteiger partial charge on any atom is -0.381 e. The summed E-state index contributed by atoms with van der Waals surface area (Å²) in [4.78, 5) is 14.1. The Bertz CT molecular complexity index is 423. The summed E-state index contributed by atoms with van der Waals surface area (Å²) in [6, 6.07) is 8.39. The molecule has 3 nitrogen and oxygen atoms in total. The van der Waals surface area contributed by atoms with Crippen molar-refractivity contribution in [1.82, 2.24) is 4.90 Å². The van der Waals surface area contributed by atoms with Gasteiger partial charge in [0.1, 0.15) is 0 Å². The van der Waals surface area contributed by atoms with Crippen molar-refractivity contribution >= 4 is 5.91 Å². The van der Waals surface area contributed by atoms with Crippen LogP contribution < -0.4 is 0 Å². The monoisotopic (exact) mass is 261 g/mol. The van der Waals surface area contributed by atoms with Gasteiger partial charge in [0, 0.05) is 26.6 Å². The van der Waals surface area contributed by atoms with Crippen LogP contribution in [0.2, 0.25) is 0 Å². The summed E-state index contributed by atoms with van der Waals surface area (Å²) in [5, 5.41) is 0. The highest BCUT2D eigenvalue weighted by atomic mass is 16.5. The SMILES string of the molecule is COC1CCN(C(=O)CCc2cccc(C)c2)CC1. The standard InChI is InChI=1S/C16H23NO2/c1-13-4-3-5-14(12-13)6-7-16(18)17-10-8-15(19-2)9-11-17/h3-5,12,15H,6-11H2,1-2H3. The number of nitrogens with zero attached hydrogens (tertiary/aromatic N) is 1. The number of hydrogen-bond donors (Lipinski definition) is 0. The first-order chi connectivity index (χ1) is 9.19. The van der Waals surface area contributed by atoms with Crippen molar-refractivity contribution in [2.24, 2.45) is 0 Å². The number of piperidine rings is 1. The summed E-state index contributed by atoms with van der Waals surface area (Å²) < 4.78 is 5.32. The lowest BCUT2D eigenvalue weighted by atomic mass is 10.0. The molecule has 0 spiro atoms. The third kappa shape index (κ3) is 4.06. The molecule has 0 aromatic heterocycles. The van der Waals surface area contributed by atoms with Crippen LogP contribution in [0.15, 0.2) is 24.3 Å². The molecule has 1 heterocycles. The average molecular weight is 261 g/mol. The Labute approximate surface area is 115 Å². The first-order valence-electron chi connectivity index (χ1n) is 7.05. The molecular weight excluding hydrogens is 238 g/mol. The molecule has 1 aliphatic heterocycles. The molecule has 0 aliphatic carbocycles. The predicted octanol–water partition coefficient (Wildman–Crippen LogP) is 2.57. The van der Waals surface area contributed by atoms with E-state index in [1.165, 1.54) is 11.1 Å². The molecule has 0 N–H and O–H groups in total. The smallest absolute Gasteiger partial charge is 0.222 e. The van der Waals surface area contributed by atoms with E-state index < -0.39 is 0 Å². The molecule has 1 aliphatic rings. The van der Waals surface area contributed by atoms with E-state index in [9.17, 15) is 4.79 Å². The van der Waals surface area contributed by atoms with Crippen LogP contribution >= 0.6 is 0 Å². The number of benzene rings is 1. The van der Waals surface area contributed by atoms with E-state index in [0.29, 0.717) is 12.5 Å². The number of carbonyl (C=O) groups excluding carboxylic acids is 1. The highest BCUT2D eigenvalue weighted by molar-refractivity contribution is 5.76. The van der Waals surface area contributed by atoms with Crippen LogP contribution in [0.25, 0.3) is 0 Å². The van der Waals surface area contributed by atoms with Gasteiger partial charge >= 0.3 is 0 Å². The Kier molecular flexibility index (Phi) is 4.97. The van der Waals surface area contributed by atoms with Crippen molar-refractivity contribution in [2.75, 3.05) is 20.2 Å². The highest BCUT2D eigenvalue weighted by Gasteiger charge is 2.21. The molecular formula is C16H23NO2. The summed E-state index contributed by atoms with van der Waals surface area (Å²) in [7, 11) is 1.75. The minimum atomic E-state index is 0.274. The van der Waals surface area contributed by atoms with Gasteiger partial charge in [0.15, 0.2) is 0 Å². The van der Waals surface area contributed by atoms with Crippen LogP contribution in [-0.4, -0.2) is 37.1 Å². The zero-order valence-electron chi connectivity index (χ0n) is 11.9. The lowest BCUT2D eigenvalue weighted by molar-refractivity contribution is -0.133. The maximum absolute atomic E-state index is 12.1. The van der Waals surface area contributed by atoms with Gasteiger partial charge in [-0.25, -0.2) is 0 Å². The molecule has 0 radical (unpaired) electrons. The van der Waals surface area contributed by atoms with Gasteiger partial charge in [-0.3, -0.25) is 4.79 Å². The molecule has 1 fully saturated rings. The molecule has 0 bridgehead atoms. The molecule has 0 saturated carbocycles. The van der Waals surface area contributed by atoms with Crippen molar-refractivity contribution < 1.29 is 9.53 Å². The number of rotatable bonds is 4. The Hall–Kier alpha value is -1.35. The lowest BCUT2D eigenvalue weighted by Crippen LogP contribution is -2.40. The van der Waals surface area contributed by atoms with Gasteiger partial charge in [-0.1, -0.05) is 29.8 Å². The highest BCUT2D eigenvalue weighted by Crippen LogP contribution is 2.15. The first-order valence-corrected chi connectivity index (χ1v) is 7.05. The second-order valence-electron chi connectivity index (χ2n) is 5.30. The van der Waals surface area contributed by atoms with Crippen LogP contribution in [0.4, 0.5) is 0 Å². The number of carbonyl (C=O) groups is 1. The zero-order valence-corrected chi connectivity index (χ0v) is 11.9. The van der Waals surface area contributed by atoms with Gasteiger partial charge in [-0.05, 0) is 31.7 Å². The molecule has 1 aromatic rings. The summed E-state index contributed by atoms with van der Waals surface area (Å²) in [6.45, 7) is 3.76. The van der Waals surface area contributed by atoms with Crippen LogP contribution in [0.5, 0.6) is 0 Å². The Morgan fingerprint density at radius 2 is 2.11 bits per heavy atom. The van der Waals surface area contributed by atoms with E-state index in [4.69, 9.17) is 4.74 Å². The van der Waals surface area contributed by atoms with Crippen LogP contribution in [0.1, 0.15) is 30.4 Å². The van der Waals surface area contributed by atoms with Gasteiger partial charge in [0.2, 0.25) is 5.91 Å². The summed E-state index contributed by atoms with van der Waals surface area (Å²) in [5.74, 6) is 0.274. The summed E-state index contributed by atoms with van der Waals surface area (Å²) in [6.07, 6.45) is 3.71. The zero-order chi connectivity index (χ0) is 13.7. The number of methoxy groups -OCH3 is 1. The van der Waals surface area contributed by atoms with Crippen LogP contribution in [0, 0.1) is 6.92 Å². The number of ether oxygens (including phenoxy) is 1. The summed E-state index contributed by atoms with van der Waals surface area (Å²) >= 11 is 0. The second-order valence-corrected chi connectivity index (χ2v) is 5.30. The molecule has 1 aromatic carbocycles. The van der Waals surface area contributed by atoms with E-state index in [-0.39, 0.29) is 5.91 Å². The topological polar surface area (TPSA) is 29.5 Å². The molecule has 1 amide bonds. The quantitative estimate of drug-likeness (QED) is 0.833. The fourth-order valence-corrected chi connectivity index (χ4v) is 2.62. The van der Waals surface area contributed by atoms with E-state index in [2.05, 4.69) is 31.2 Å². The van der Waals surface area contributed by atoms with Gasteiger partial charge in [0.05, 0.1) is 6.10 Å². The molecule has 0 atom stereocenters. The van der Waals surface area contributed by atoms with Crippen LogP contribution in [-0.2, 0) is 16.0 Å². The van der Waals surface area contributed by atoms with E-state index in [0.717, 1.165) is 32.4 Å². The fourth-order valence-electron chi connectivity index (χ4n) is 2.62. The number of aryl methyl sites for hydroxylation is 2. The average Bonchev–Trinajstić information content (AvgIpc) is 2.45. The minimum absolute atomic E-state index is 0.274. The largest absolute Gasteiger partial charge is 0.381 e. The molecule has 104 valence electrons. The molecule has 3 heteroatoms. The molecule has 0 unspecified atom stereocenters. The maximum atomic E-state index is 12.1. The Balaban J connectivity index is 1.79. The first kappa shape index (κ1) is 14.1. The molecule has 19 heavy (non-hydrogen) atoms. The van der Waals surface area contributed by atoms with Gasteiger partial charge in [0.25, 0.3) is 0 Å². The van der Waals surface area contributed by atoms with Crippen LogP contribution in [0.3, 0.4) is 0 Å². The van der Waals surface area contributed by atoms with Crippen molar-refractivity contribution in [3.63, 3.8) is 0 Å². The van der Waals surface area contributed by atoms with E-state index in [1.807, 2.05) is 4.90 Å². The summed E-state index contributed by atoms with van der Waals surface area (Å²) in [5.41, 5.74) is 2.51. The third-order valence-electron chi connectivity index (χ3n) is 3.84. The van der Waals surface area contributed by atoms with E-state index >= 15 is 0 Å². The second kappa shape index (κ2) is 6.71. The number of likely N-dealkylation sites (tertiary alicyclic amines) is 1. The Morgan fingerprint density at radius 1 is 1.37 bits per heavy atom. The lowest BCUT2D eigenvalue weighted by Gasteiger charge is -2.31. The normalized spacial score (nSPS) is 16.6. The molecule has 1 saturated heterocycles. The van der Waals surface area contributed by atoms with Gasteiger partial charge in [-0.2, -0.15) is 0 Å². The maximum Gasteiger partial charge on any atom is 0.222 e.